The van der Waals surface area contributed by atoms with Crippen molar-refractivity contribution in [2.45, 2.75) is 31.4 Å². The van der Waals surface area contributed by atoms with Gasteiger partial charge in [0.05, 0.1) is 0 Å². The Hall–Kier alpha value is -0.990. The number of hydrogen-bond acceptors (Lipinski definition) is 6. The second-order valence-corrected chi connectivity index (χ2v) is 7.88. The Kier molecular flexibility index (Phi) is 7.64. The molecule has 2 heterocycles. The van der Waals surface area contributed by atoms with E-state index < -0.39 is 11.8 Å². The molecule has 0 bridgehead atoms. The second-order valence-electron chi connectivity index (χ2n) is 6.23. The van der Waals surface area contributed by atoms with Gasteiger partial charge in [-0.15, -0.1) is 11.7 Å². The molecule has 1 fully saturated rings. The summed E-state index contributed by atoms with van der Waals surface area (Å²) in [7, 11) is 1.61. The second kappa shape index (κ2) is 9.48. The summed E-state index contributed by atoms with van der Waals surface area (Å²) < 4.78 is 0. The quantitative estimate of drug-likeness (QED) is 0.301. The van der Waals surface area contributed by atoms with E-state index in [1.165, 1.54) is 25.0 Å². The fourth-order valence-corrected chi connectivity index (χ4v) is 3.45. The van der Waals surface area contributed by atoms with Crippen molar-refractivity contribution in [2.75, 3.05) is 39.3 Å². The molecule has 0 saturated carbocycles. The van der Waals surface area contributed by atoms with Gasteiger partial charge in [0.15, 0.2) is 0 Å². The summed E-state index contributed by atoms with van der Waals surface area (Å²) in [6.45, 7) is 6.11. The van der Waals surface area contributed by atoms with Gasteiger partial charge < -0.3 is 4.90 Å². The molecule has 1 unspecified atom stereocenters. The smallest absolute Gasteiger partial charge is 0.254 e. The lowest BCUT2D eigenvalue weighted by atomic mass is 10.2. The Morgan fingerprint density at radius 1 is 1.17 bits per heavy atom. The number of carbonyl (C=O) groups excluding carboxylic acids is 3. The van der Waals surface area contributed by atoms with E-state index in [9.17, 15) is 14.4 Å². The van der Waals surface area contributed by atoms with Crippen LogP contribution in [-0.2, 0) is 14.4 Å². The van der Waals surface area contributed by atoms with Crippen molar-refractivity contribution in [3.05, 3.63) is 12.2 Å². The average molecular weight is 372 g/mol. The van der Waals surface area contributed by atoms with E-state index >= 15 is 0 Å². The lowest BCUT2D eigenvalue weighted by molar-refractivity contribution is -0.145. The predicted molar refractivity (Wildman–Crippen MR) is 98.8 cm³/mol. The van der Waals surface area contributed by atoms with Crippen molar-refractivity contribution < 1.29 is 14.4 Å². The van der Waals surface area contributed by atoms with Crippen LogP contribution in [0, 0.1) is 0 Å². The van der Waals surface area contributed by atoms with Gasteiger partial charge in [-0.05, 0) is 19.4 Å². The molecule has 1 atom stereocenters. The Bertz CT molecular complexity index is 487. The van der Waals surface area contributed by atoms with E-state index in [1.807, 2.05) is 0 Å². The number of rotatable bonds is 8. The largest absolute Gasteiger partial charge is 0.339 e. The Balaban J connectivity index is 1.64. The van der Waals surface area contributed by atoms with Crippen molar-refractivity contribution in [3.63, 3.8) is 0 Å². The number of unbranched alkanes of at least 4 members (excludes halogenated alkanes) is 1. The van der Waals surface area contributed by atoms with E-state index in [-0.39, 0.29) is 12.5 Å². The van der Waals surface area contributed by atoms with Crippen LogP contribution in [0.1, 0.15) is 26.2 Å². The van der Waals surface area contributed by atoms with Gasteiger partial charge in [0.25, 0.3) is 11.8 Å². The number of nitrogens with zero attached hydrogens (tertiary/aromatic N) is 3. The van der Waals surface area contributed by atoms with E-state index in [4.69, 9.17) is 0 Å². The number of carbonyl (C=O) groups is 3. The molecule has 0 N–H and O–H groups in total. The molecule has 0 aliphatic carbocycles. The van der Waals surface area contributed by atoms with Crippen LogP contribution in [0.3, 0.4) is 0 Å². The molecule has 2 rings (SSSR count). The summed E-state index contributed by atoms with van der Waals surface area (Å²) in [6.07, 6.45) is 5.95. The van der Waals surface area contributed by atoms with E-state index in [0.29, 0.717) is 18.3 Å². The van der Waals surface area contributed by atoms with Gasteiger partial charge in [-0.1, -0.05) is 24.1 Å². The predicted octanol–water partition coefficient (Wildman–Crippen LogP) is 1.19. The number of imide groups is 1. The van der Waals surface area contributed by atoms with Gasteiger partial charge in [-0.2, -0.15) is 0 Å². The molecule has 0 aromatic heterocycles. The highest BCUT2D eigenvalue weighted by atomic mass is 33.1. The number of thiol groups is 1. The SMILES string of the molecule is CC(CCCCN1CCN(C(=O)CN2C(=O)C=CC2=O)CC1)SS. The van der Waals surface area contributed by atoms with Gasteiger partial charge >= 0.3 is 0 Å². The molecule has 24 heavy (non-hydrogen) atoms. The van der Waals surface area contributed by atoms with E-state index in [1.54, 1.807) is 15.7 Å². The highest BCUT2D eigenvalue weighted by Gasteiger charge is 2.29. The van der Waals surface area contributed by atoms with Crippen LogP contribution in [0.25, 0.3) is 0 Å². The lowest BCUT2D eigenvalue weighted by Crippen LogP contribution is -2.51. The summed E-state index contributed by atoms with van der Waals surface area (Å²) in [5.74, 6) is -0.958. The molecule has 6 nitrogen and oxygen atoms in total. The first-order valence-corrected chi connectivity index (χ1v) is 10.3. The monoisotopic (exact) mass is 371 g/mol. The zero-order valence-electron chi connectivity index (χ0n) is 14.0. The third-order valence-electron chi connectivity index (χ3n) is 4.43. The standard InChI is InChI=1S/C16H25N3O3S2/c1-13(24-23)4-2-3-7-17-8-10-18(11-9-17)16(22)12-19-14(20)5-6-15(19)21/h5-6,13,23H,2-4,7-12H2,1H3. The summed E-state index contributed by atoms with van der Waals surface area (Å²) in [5.41, 5.74) is 0. The first-order valence-electron chi connectivity index (χ1n) is 8.35. The third kappa shape index (κ3) is 5.53. The summed E-state index contributed by atoms with van der Waals surface area (Å²) >= 11 is 4.22. The Labute approximate surface area is 152 Å². The molecule has 2 aliphatic heterocycles. The lowest BCUT2D eigenvalue weighted by Gasteiger charge is -2.35. The molecule has 134 valence electrons. The van der Waals surface area contributed by atoms with Crippen LogP contribution in [0.4, 0.5) is 0 Å². The zero-order chi connectivity index (χ0) is 17.5. The summed E-state index contributed by atoms with van der Waals surface area (Å²) in [4.78, 5) is 40.4. The molecule has 1 saturated heterocycles. The van der Waals surface area contributed by atoms with Gasteiger partial charge in [0.1, 0.15) is 6.54 Å². The first-order chi connectivity index (χ1) is 11.5. The minimum atomic E-state index is -0.402. The van der Waals surface area contributed by atoms with Gasteiger partial charge in [0.2, 0.25) is 5.91 Å². The van der Waals surface area contributed by atoms with Crippen LogP contribution in [0.15, 0.2) is 12.2 Å². The topological polar surface area (TPSA) is 60.9 Å². The van der Waals surface area contributed by atoms with Crippen LogP contribution >= 0.6 is 22.5 Å². The maximum absolute atomic E-state index is 12.2. The Morgan fingerprint density at radius 2 is 1.79 bits per heavy atom. The van der Waals surface area contributed by atoms with Crippen LogP contribution in [0.2, 0.25) is 0 Å². The maximum atomic E-state index is 12.2. The van der Waals surface area contributed by atoms with Crippen molar-refractivity contribution in [1.82, 2.24) is 14.7 Å². The van der Waals surface area contributed by atoms with Crippen LogP contribution in [-0.4, -0.2) is 76.9 Å². The molecule has 2 aliphatic rings. The molecule has 3 amide bonds. The first kappa shape index (κ1) is 19.3. The maximum Gasteiger partial charge on any atom is 0.254 e. The van der Waals surface area contributed by atoms with Crippen molar-refractivity contribution in [1.29, 1.82) is 0 Å². The van der Waals surface area contributed by atoms with Crippen molar-refractivity contribution in [2.24, 2.45) is 0 Å². The number of amides is 3. The van der Waals surface area contributed by atoms with Crippen LogP contribution in [0.5, 0.6) is 0 Å². The third-order valence-corrected chi connectivity index (χ3v) is 6.11. The minimum Gasteiger partial charge on any atom is -0.339 e. The average Bonchev–Trinajstić information content (AvgIpc) is 2.90. The van der Waals surface area contributed by atoms with E-state index in [2.05, 4.69) is 23.5 Å². The normalized spacial score (nSPS) is 20.1. The minimum absolute atomic E-state index is 0.149. The number of hydrogen-bond donors (Lipinski definition) is 1. The van der Waals surface area contributed by atoms with Crippen molar-refractivity contribution >= 4 is 40.2 Å². The molecule has 0 spiro atoms. The highest BCUT2D eigenvalue weighted by Crippen LogP contribution is 2.19. The molecule has 0 aromatic carbocycles. The van der Waals surface area contributed by atoms with E-state index in [0.717, 1.165) is 31.0 Å². The fourth-order valence-electron chi connectivity index (χ4n) is 2.86. The zero-order valence-corrected chi connectivity index (χ0v) is 15.7. The summed E-state index contributed by atoms with van der Waals surface area (Å²) in [5, 5.41) is 0.591. The highest BCUT2D eigenvalue weighted by molar-refractivity contribution is 8.68. The molecule has 8 heteroatoms. The number of piperazine rings is 1. The molecule has 0 radical (unpaired) electrons. The Morgan fingerprint density at radius 3 is 2.38 bits per heavy atom. The van der Waals surface area contributed by atoms with Crippen LogP contribution < -0.4 is 0 Å². The molecular weight excluding hydrogens is 346 g/mol. The van der Waals surface area contributed by atoms with Gasteiger partial charge in [-0.3, -0.25) is 24.2 Å². The summed E-state index contributed by atoms with van der Waals surface area (Å²) in [6, 6.07) is 0. The molecule has 0 aromatic rings. The van der Waals surface area contributed by atoms with Crippen molar-refractivity contribution in [3.8, 4) is 0 Å². The molecular formula is C16H25N3O3S2. The fraction of sp³-hybridized carbons (Fsp3) is 0.688. The van der Waals surface area contributed by atoms with Gasteiger partial charge in [-0.25, -0.2) is 0 Å². The van der Waals surface area contributed by atoms with Gasteiger partial charge in [0, 0.05) is 43.6 Å².